The maximum atomic E-state index is 9.94. The lowest BCUT2D eigenvalue weighted by molar-refractivity contribution is -0.109. The topological polar surface area (TPSA) is 52.9 Å². The van der Waals surface area contributed by atoms with Crippen molar-refractivity contribution in [2.24, 2.45) is 0 Å². The molecule has 3 nitrogen and oxygen atoms in total. The zero-order valence-electron chi connectivity index (χ0n) is 6.86. The number of hydrogen-bond acceptors (Lipinski definition) is 3. The first-order valence-electron chi connectivity index (χ1n) is 3.68. The summed E-state index contributed by atoms with van der Waals surface area (Å²) in [6.07, 6.45) is 2.30. The summed E-state index contributed by atoms with van der Waals surface area (Å²) in [6.45, 7) is 0.391. The molecule has 1 N–H and O–H groups in total. The van der Waals surface area contributed by atoms with Crippen molar-refractivity contribution < 1.29 is 4.79 Å². The molecule has 0 radical (unpaired) electrons. The number of allylic oxidation sites excluding steroid dienone is 1. The van der Waals surface area contributed by atoms with Crippen molar-refractivity contribution in [3.8, 4) is 6.07 Å². The summed E-state index contributed by atoms with van der Waals surface area (Å²) in [5.74, 6) is 0. The lowest BCUT2D eigenvalue weighted by Crippen LogP contribution is -2.09. The summed E-state index contributed by atoms with van der Waals surface area (Å²) in [6, 6.07) is 3.95. The van der Waals surface area contributed by atoms with E-state index < -0.39 is 0 Å². The highest BCUT2D eigenvalue weighted by Crippen LogP contribution is 2.15. The van der Waals surface area contributed by atoms with Crippen LogP contribution in [0.4, 0.5) is 0 Å². The molecule has 13 heavy (non-hydrogen) atoms. The van der Waals surface area contributed by atoms with Gasteiger partial charge in [-0.05, 0) is 22.9 Å². The van der Waals surface area contributed by atoms with Crippen LogP contribution in [0.3, 0.4) is 0 Å². The van der Waals surface area contributed by atoms with Gasteiger partial charge in [0.05, 0.1) is 11.6 Å². The molecule has 0 aliphatic carbocycles. The fourth-order valence-corrected chi connectivity index (χ4v) is 1.51. The van der Waals surface area contributed by atoms with Crippen molar-refractivity contribution in [3.05, 3.63) is 28.5 Å². The summed E-state index contributed by atoms with van der Waals surface area (Å²) in [5, 5.41) is 15.0. The summed E-state index contributed by atoms with van der Waals surface area (Å²) in [4.78, 5) is 9.94. The van der Waals surface area contributed by atoms with E-state index in [9.17, 15) is 4.79 Å². The Kier molecular flexibility index (Phi) is 3.74. The van der Waals surface area contributed by atoms with E-state index in [-0.39, 0.29) is 0 Å². The van der Waals surface area contributed by atoms with Crippen LogP contribution in [0.15, 0.2) is 22.9 Å². The van der Waals surface area contributed by atoms with Gasteiger partial charge in [-0.3, -0.25) is 4.79 Å². The van der Waals surface area contributed by atoms with Crippen molar-refractivity contribution in [2.75, 3.05) is 6.54 Å². The molecule has 1 heterocycles. The number of hydrogen-bond donors (Lipinski definition) is 1. The molecule has 1 amide bonds. The largest absolute Gasteiger partial charge is 0.355 e. The summed E-state index contributed by atoms with van der Waals surface area (Å²) in [7, 11) is 0. The Hall–Kier alpha value is -1.60. The quantitative estimate of drug-likeness (QED) is 0.445. The maximum Gasteiger partial charge on any atom is 0.207 e. The first-order chi connectivity index (χ1) is 6.38. The Labute approximate surface area is 80.3 Å². The van der Waals surface area contributed by atoms with Gasteiger partial charge >= 0.3 is 0 Å². The van der Waals surface area contributed by atoms with Crippen molar-refractivity contribution >= 4 is 23.3 Å². The minimum absolute atomic E-state index is 0.391. The van der Waals surface area contributed by atoms with Gasteiger partial charge in [0.1, 0.15) is 0 Å². The molecule has 4 heteroatoms. The minimum atomic E-state index is 0.391. The summed E-state index contributed by atoms with van der Waals surface area (Å²) in [5.41, 5.74) is 1.50. The molecular formula is C9H8N2OS. The van der Waals surface area contributed by atoms with E-state index in [4.69, 9.17) is 5.26 Å². The molecule has 0 aromatic carbocycles. The Balaban J connectivity index is 2.69. The molecule has 0 fully saturated rings. The predicted molar refractivity (Wildman–Crippen MR) is 52.0 cm³/mol. The SMILES string of the molecule is N#C/C(=C/CNC=O)c1ccsc1. The van der Waals surface area contributed by atoms with Gasteiger partial charge in [-0.1, -0.05) is 0 Å². The fourth-order valence-electron chi connectivity index (χ4n) is 0.855. The fraction of sp³-hybridized carbons (Fsp3) is 0.111. The predicted octanol–water partition coefficient (Wildman–Crippen LogP) is 1.40. The van der Waals surface area contributed by atoms with Gasteiger partial charge in [0.25, 0.3) is 0 Å². The molecule has 1 rings (SSSR count). The van der Waals surface area contributed by atoms with E-state index in [1.165, 1.54) is 0 Å². The van der Waals surface area contributed by atoms with E-state index in [1.54, 1.807) is 17.4 Å². The number of carbonyl (C=O) groups is 1. The molecule has 0 unspecified atom stereocenters. The standard InChI is InChI=1S/C9H8N2OS/c10-5-8(1-3-11-7-12)9-2-4-13-6-9/h1-2,4,6-7H,3H2,(H,11,12)/b8-1-. The average Bonchev–Trinajstić information content (AvgIpc) is 2.65. The number of amides is 1. The Morgan fingerprint density at radius 1 is 1.77 bits per heavy atom. The molecule has 0 bridgehead atoms. The van der Waals surface area contributed by atoms with Gasteiger partial charge in [0, 0.05) is 12.1 Å². The molecule has 1 aromatic rings. The smallest absolute Gasteiger partial charge is 0.207 e. The van der Waals surface area contributed by atoms with E-state index in [2.05, 4.69) is 11.4 Å². The summed E-state index contributed by atoms with van der Waals surface area (Å²) < 4.78 is 0. The summed E-state index contributed by atoms with van der Waals surface area (Å²) >= 11 is 1.54. The van der Waals surface area contributed by atoms with Gasteiger partial charge < -0.3 is 5.32 Å². The zero-order chi connectivity index (χ0) is 9.52. The maximum absolute atomic E-state index is 9.94. The van der Waals surface area contributed by atoms with Crippen molar-refractivity contribution in [1.29, 1.82) is 5.26 Å². The third-order valence-corrected chi connectivity index (χ3v) is 2.14. The van der Waals surface area contributed by atoms with E-state index in [0.29, 0.717) is 18.5 Å². The van der Waals surface area contributed by atoms with Crippen LogP contribution in [-0.4, -0.2) is 13.0 Å². The van der Waals surface area contributed by atoms with Crippen LogP contribution >= 0.6 is 11.3 Å². The van der Waals surface area contributed by atoms with Gasteiger partial charge in [-0.15, -0.1) is 0 Å². The Morgan fingerprint density at radius 2 is 2.62 bits per heavy atom. The monoisotopic (exact) mass is 192 g/mol. The molecule has 0 aliphatic heterocycles. The third-order valence-electron chi connectivity index (χ3n) is 1.46. The number of thiophene rings is 1. The molecule has 1 aromatic heterocycles. The molecule has 0 atom stereocenters. The van der Waals surface area contributed by atoms with Gasteiger partial charge in [0.15, 0.2) is 0 Å². The molecule has 0 aliphatic rings. The van der Waals surface area contributed by atoms with Crippen molar-refractivity contribution in [3.63, 3.8) is 0 Å². The Morgan fingerprint density at radius 3 is 3.15 bits per heavy atom. The number of nitrogens with zero attached hydrogens (tertiary/aromatic N) is 1. The lowest BCUT2D eigenvalue weighted by Gasteiger charge is -1.93. The Bertz CT molecular complexity index is 335. The number of nitrogens with one attached hydrogen (secondary N) is 1. The van der Waals surface area contributed by atoms with Gasteiger partial charge in [-0.25, -0.2) is 0 Å². The van der Waals surface area contributed by atoms with Crippen molar-refractivity contribution in [1.82, 2.24) is 5.32 Å². The normalized spacial score (nSPS) is 10.5. The lowest BCUT2D eigenvalue weighted by atomic mass is 10.1. The van der Waals surface area contributed by atoms with E-state index >= 15 is 0 Å². The molecule has 0 spiro atoms. The highest BCUT2D eigenvalue weighted by atomic mass is 32.1. The molecule has 0 saturated heterocycles. The van der Waals surface area contributed by atoms with Crippen LogP contribution in [0.1, 0.15) is 5.56 Å². The average molecular weight is 192 g/mol. The molecule has 0 saturated carbocycles. The van der Waals surface area contributed by atoms with Gasteiger partial charge in [0.2, 0.25) is 6.41 Å². The number of rotatable bonds is 4. The van der Waals surface area contributed by atoms with Crippen LogP contribution in [0.25, 0.3) is 5.57 Å². The second-order valence-electron chi connectivity index (χ2n) is 2.27. The second-order valence-corrected chi connectivity index (χ2v) is 3.05. The first-order valence-corrected chi connectivity index (χ1v) is 4.62. The van der Waals surface area contributed by atoms with Crippen LogP contribution in [0, 0.1) is 11.3 Å². The molecule has 66 valence electrons. The van der Waals surface area contributed by atoms with E-state index in [1.807, 2.05) is 16.8 Å². The number of nitriles is 1. The highest BCUT2D eigenvalue weighted by molar-refractivity contribution is 7.08. The zero-order valence-corrected chi connectivity index (χ0v) is 7.67. The first kappa shape index (κ1) is 9.49. The van der Waals surface area contributed by atoms with Crippen LogP contribution in [0.5, 0.6) is 0 Å². The minimum Gasteiger partial charge on any atom is -0.355 e. The highest BCUT2D eigenvalue weighted by Gasteiger charge is 1.98. The second kappa shape index (κ2) is 5.12. The van der Waals surface area contributed by atoms with Crippen LogP contribution in [-0.2, 0) is 4.79 Å². The van der Waals surface area contributed by atoms with Crippen LogP contribution < -0.4 is 5.32 Å². The van der Waals surface area contributed by atoms with E-state index in [0.717, 1.165) is 5.56 Å². The van der Waals surface area contributed by atoms with Crippen LogP contribution in [0.2, 0.25) is 0 Å². The third kappa shape index (κ3) is 2.73. The van der Waals surface area contributed by atoms with Gasteiger partial charge in [-0.2, -0.15) is 16.6 Å². The van der Waals surface area contributed by atoms with Crippen molar-refractivity contribution in [2.45, 2.75) is 0 Å². The molecular weight excluding hydrogens is 184 g/mol. The number of carbonyl (C=O) groups excluding carboxylic acids is 1.